The smallest absolute Gasteiger partial charge is 0.0136 e. The highest BCUT2D eigenvalue weighted by atomic mass is 32.1. The second-order valence-electron chi connectivity index (χ2n) is 7.29. The van der Waals surface area contributed by atoms with E-state index >= 15 is 0 Å². The van der Waals surface area contributed by atoms with E-state index in [0.29, 0.717) is 0 Å². The van der Waals surface area contributed by atoms with Crippen molar-refractivity contribution in [1.29, 1.82) is 0 Å². The van der Waals surface area contributed by atoms with Gasteiger partial charge in [-0.1, -0.05) is 55.4 Å². The molecule has 0 saturated carbocycles. The lowest BCUT2D eigenvalue weighted by atomic mass is 9.64. The van der Waals surface area contributed by atoms with E-state index < -0.39 is 0 Å². The number of rotatable bonds is 1. The Kier molecular flexibility index (Phi) is 3.33. The van der Waals surface area contributed by atoms with Crippen LogP contribution in [0.4, 0.5) is 0 Å². The topological polar surface area (TPSA) is 0 Å². The molecule has 0 unspecified atom stereocenters. The standard InChI is InChI=1S/C15H26S/c1-13(2,3)12-11(9-10-16-12)15(7,8)14(4,5)6/h9-10H,1-8H3. The van der Waals surface area contributed by atoms with Gasteiger partial charge in [-0.3, -0.25) is 0 Å². The van der Waals surface area contributed by atoms with Crippen molar-refractivity contribution in [2.45, 2.75) is 66.2 Å². The van der Waals surface area contributed by atoms with Crippen LogP contribution in [0.5, 0.6) is 0 Å². The summed E-state index contributed by atoms with van der Waals surface area (Å²) in [5, 5.41) is 2.24. The van der Waals surface area contributed by atoms with Gasteiger partial charge in [0.2, 0.25) is 0 Å². The number of hydrogen-bond acceptors (Lipinski definition) is 1. The lowest BCUT2D eigenvalue weighted by Gasteiger charge is -2.41. The molecule has 0 spiro atoms. The van der Waals surface area contributed by atoms with E-state index in [1.165, 1.54) is 10.4 Å². The predicted molar refractivity (Wildman–Crippen MR) is 75.5 cm³/mol. The number of thiophene rings is 1. The first kappa shape index (κ1) is 13.8. The molecule has 0 aliphatic carbocycles. The van der Waals surface area contributed by atoms with Crippen LogP contribution in [0.1, 0.15) is 65.8 Å². The van der Waals surface area contributed by atoms with Crippen molar-refractivity contribution in [1.82, 2.24) is 0 Å². The zero-order valence-electron chi connectivity index (χ0n) is 12.1. The maximum Gasteiger partial charge on any atom is 0.0136 e. The van der Waals surface area contributed by atoms with Crippen molar-refractivity contribution in [2.75, 3.05) is 0 Å². The van der Waals surface area contributed by atoms with E-state index in [2.05, 4.69) is 66.8 Å². The Morgan fingerprint density at radius 3 is 1.75 bits per heavy atom. The molecule has 1 aromatic heterocycles. The SMILES string of the molecule is CC(C)(C)c1sccc1C(C)(C)C(C)(C)C. The van der Waals surface area contributed by atoms with Crippen molar-refractivity contribution in [2.24, 2.45) is 5.41 Å². The summed E-state index contributed by atoms with van der Waals surface area (Å²) in [7, 11) is 0. The molecule has 0 amide bonds. The third kappa shape index (κ3) is 2.34. The molecule has 0 saturated heterocycles. The zero-order chi connectivity index (χ0) is 12.8. The van der Waals surface area contributed by atoms with Crippen LogP contribution >= 0.6 is 11.3 Å². The molecule has 0 nitrogen and oxygen atoms in total. The average Bonchev–Trinajstić information content (AvgIpc) is 2.47. The minimum atomic E-state index is 0.218. The first-order chi connectivity index (χ1) is 6.98. The fourth-order valence-electron chi connectivity index (χ4n) is 1.79. The van der Waals surface area contributed by atoms with Gasteiger partial charge in [0, 0.05) is 4.88 Å². The maximum absolute atomic E-state index is 2.37. The minimum absolute atomic E-state index is 0.218. The van der Waals surface area contributed by atoms with E-state index in [9.17, 15) is 0 Å². The Morgan fingerprint density at radius 1 is 0.875 bits per heavy atom. The highest BCUT2D eigenvalue weighted by molar-refractivity contribution is 7.10. The summed E-state index contributed by atoms with van der Waals surface area (Å²) in [5.74, 6) is 0. The Labute approximate surface area is 105 Å². The molecule has 92 valence electrons. The van der Waals surface area contributed by atoms with Gasteiger partial charge in [0.15, 0.2) is 0 Å². The van der Waals surface area contributed by atoms with E-state index in [-0.39, 0.29) is 16.2 Å². The highest BCUT2D eigenvalue weighted by Gasteiger charge is 2.38. The van der Waals surface area contributed by atoms with Crippen LogP contribution in [0.25, 0.3) is 0 Å². The van der Waals surface area contributed by atoms with Crippen molar-refractivity contribution < 1.29 is 0 Å². The molecular formula is C15H26S. The van der Waals surface area contributed by atoms with Gasteiger partial charge in [-0.15, -0.1) is 11.3 Å². The van der Waals surface area contributed by atoms with Gasteiger partial charge in [0.05, 0.1) is 0 Å². The Hall–Kier alpha value is -0.300. The summed E-state index contributed by atoms with van der Waals surface area (Å²) in [6, 6.07) is 2.32. The lowest BCUT2D eigenvalue weighted by molar-refractivity contribution is 0.223. The van der Waals surface area contributed by atoms with Crippen molar-refractivity contribution in [3.8, 4) is 0 Å². The Morgan fingerprint density at radius 2 is 1.38 bits per heavy atom. The molecule has 1 aromatic rings. The first-order valence-electron chi connectivity index (χ1n) is 6.06. The van der Waals surface area contributed by atoms with E-state index in [4.69, 9.17) is 0 Å². The quantitative estimate of drug-likeness (QED) is 0.617. The zero-order valence-corrected chi connectivity index (χ0v) is 12.9. The van der Waals surface area contributed by atoms with Crippen molar-refractivity contribution >= 4 is 11.3 Å². The Bertz CT molecular complexity index is 356. The molecule has 0 fully saturated rings. The van der Waals surface area contributed by atoms with Crippen molar-refractivity contribution in [3.05, 3.63) is 21.9 Å². The fraction of sp³-hybridized carbons (Fsp3) is 0.733. The minimum Gasteiger partial charge on any atom is -0.148 e. The molecule has 0 radical (unpaired) electrons. The Balaban J connectivity index is 3.31. The number of hydrogen-bond donors (Lipinski definition) is 0. The second kappa shape index (κ2) is 3.87. The van der Waals surface area contributed by atoms with Crippen LogP contribution in [0, 0.1) is 5.41 Å². The molecular weight excluding hydrogens is 212 g/mol. The van der Waals surface area contributed by atoms with E-state index in [1.807, 2.05) is 11.3 Å². The highest BCUT2D eigenvalue weighted by Crippen LogP contribution is 2.46. The summed E-state index contributed by atoms with van der Waals surface area (Å²) in [6.45, 7) is 18.6. The first-order valence-corrected chi connectivity index (χ1v) is 6.94. The van der Waals surface area contributed by atoms with Crippen LogP contribution in [0.3, 0.4) is 0 Å². The monoisotopic (exact) mass is 238 g/mol. The molecule has 0 bridgehead atoms. The maximum atomic E-state index is 2.37. The molecule has 16 heavy (non-hydrogen) atoms. The van der Waals surface area contributed by atoms with Gasteiger partial charge in [-0.2, -0.15) is 0 Å². The third-order valence-electron chi connectivity index (χ3n) is 3.89. The summed E-state index contributed by atoms with van der Waals surface area (Å²) in [4.78, 5) is 1.53. The lowest BCUT2D eigenvalue weighted by Crippen LogP contribution is -2.35. The summed E-state index contributed by atoms with van der Waals surface area (Å²) >= 11 is 1.90. The molecule has 1 heteroatoms. The van der Waals surface area contributed by atoms with Gasteiger partial charge in [-0.05, 0) is 33.3 Å². The second-order valence-corrected chi connectivity index (χ2v) is 8.20. The molecule has 0 aliphatic rings. The third-order valence-corrected chi connectivity index (χ3v) is 5.23. The van der Waals surface area contributed by atoms with Gasteiger partial charge < -0.3 is 0 Å². The molecule has 1 heterocycles. The molecule has 0 aliphatic heterocycles. The van der Waals surface area contributed by atoms with Crippen molar-refractivity contribution in [3.63, 3.8) is 0 Å². The van der Waals surface area contributed by atoms with Crippen LogP contribution < -0.4 is 0 Å². The van der Waals surface area contributed by atoms with E-state index in [0.717, 1.165) is 0 Å². The predicted octanol–water partition coefficient (Wildman–Crippen LogP) is 5.37. The van der Waals surface area contributed by atoms with Gasteiger partial charge in [-0.25, -0.2) is 0 Å². The largest absolute Gasteiger partial charge is 0.148 e. The summed E-state index contributed by atoms with van der Waals surface area (Å²) < 4.78 is 0. The summed E-state index contributed by atoms with van der Waals surface area (Å²) in [5.41, 5.74) is 2.29. The van der Waals surface area contributed by atoms with Gasteiger partial charge in [0.25, 0.3) is 0 Å². The van der Waals surface area contributed by atoms with E-state index in [1.54, 1.807) is 0 Å². The van der Waals surface area contributed by atoms with Crippen LogP contribution in [-0.4, -0.2) is 0 Å². The molecule has 0 N–H and O–H groups in total. The van der Waals surface area contributed by atoms with Crippen LogP contribution in [0.15, 0.2) is 11.4 Å². The van der Waals surface area contributed by atoms with Gasteiger partial charge in [0.1, 0.15) is 0 Å². The normalized spacial score (nSPS) is 14.2. The molecule has 1 rings (SSSR count). The average molecular weight is 238 g/mol. The van der Waals surface area contributed by atoms with Crippen LogP contribution in [-0.2, 0) is 10.8 Å². The fourth-order valence-corrected chi connectivity index (χ4v) is 2.93. The van der Waals surface area contributed by atoms with Gasteiger partial charge >= 0.3 is 0 Å². The molecule has 0 aromatic carbocycles. The van der Waals surface area contributed by atoms with Crippen LogP contribution in [0.2, 0.25) is 0 Å². The molecule has 0 atom stereocenters. The summed E-state index contributed by atoms with van der Waals surface area (Å²) in [6.07, 6.45) is 0.